The minimum atomic E-state index is -1.06. The number of hydrogen-bond acceptors (Lipinski definition) is 3. The van der Waals surface area contributed by atoms with Crippen LogP contribution >= 0.6 is 0 Å². The van der Waals surface area contributed by atoms with Crippen LogP contribution in [0.5, 0.6) is 0 Å². The second-order valence-corrected chi connectivity index (χ2v) is 4.73. The number of fused-ring (bicyclic) bond motifs is 2. The minimum Gasteiger partial charge on any atom is -0.390 e. The highest BCUT2D eigenvalue weighted by atomic mass is 16.4. The molecule has 0 aromatic rings. The van der Waals surface area contributed by atoms with Gasteiger partial charge >= 0.3 is 0 Å². The molecule has 0 heterocycles. The minimum absolute atomic E-state index is 0.0532. The monoisotopic (exact) mass is 172 g/mol. The third-order valence-electron chi connectivity index (χ3n) is 4.10. The van der Waals surface area contributed by atoms with E-state index < -0.39 is 17.8 Å². The highest BCUT2D eigenvalue weighted by Gasteiger charge is 2.67. The molecule has 2 bridgehead atoms. The topological polar surface area (TPSA) is 60.7 Å². The molecule has 0 aromatic heterocycles. The Morgan fingerprint density at radius 1 is 1.25 bits per heavy atom. The quantitative estimate of drug-likeness (QED) is 0.478. The Kier molecular flexibility index (Phi) is 1.43. The van der Waals surface area contributed by atoms with Gasteiger partial charge in [0.1, 0.15) is 6.10 Å². The Labute approximate surface area is 72.0 Å². The summed E-state index contributed by atoms with van der Waals surface area (Å²) in [4.78, 5) is 0. The summed E-state index contributed by atoms with van der Waals surface area (Å²) in [6.45, 7) is 3.84. The van der Waals surface area contributed by atoms with Crippen molar-refractivity contribution < 1.29 is 15.3 Å². The first-order valence-corrected chi connectivity index (χ1v) is 4.50. The summed E-state index contributed by atoms with van der Waals surface area (Å²) < 4.78 is 0. The van der Waals surface area contributed by atoms with Gasteiger partial charge in [-0.3, -0.25) is 0 Å². The van der Waals surface area contributed by atoms with Gasteiger partial charge in [0, 0.05) is 5.41 Å². The number of rotatable bonds is 0. The van der Waals surface area contributed by atoms with E-state index in [9.17, 15) is 15.3 Å². The summed E-state index contributed by atoms with van der Waals surface area (Å²) in [7, 11) is 0. The Morgan fingerprint density at radius 2 is 1.83 bits per heavy atom. The van der Waals surface area contributed by atoms with Crippen LogP contribution < -0.4 is 0 Å². The lowest BCUT2D eigenvalue weighted by Crippen LogP contribution is -2.48. The Hall–Kier alpha value is -0.120. The first-order valence-electron chi connectivity index (χ1n) is 4.50. The molecule has 4 atom stereocenters. The van der Waals surface area contributed by atoms with E-state index >= 15 is 0 Å². The van der Waals surface area contributed by atoms with Gasteiger partial charge in [0.05, 0.1) is 11.7 Å². The Morgan fingerprint density at radius 3 is 2.08 bits per heavy atom. The third kappa shape index (κ3) is 0.640. The molecule has 0 unspecified atom stereocenters. The zero-order valence-corrected chi connectivity index (χ0v) is 7.49. The van der Waals surface area contributed by atoms with Gasteiger partial charge in [-0.15, -0.1) is 0 Å². The van der Waals surface area contributed by atoms with Crippen LogP contribution in [0.4, 0.5) is 0 Å². The van der Waals surface area contributed by atoms with Crippen LogP contribution in [0.2, 0.25) is 0 Å². The predicted molar refractivity (Wildman–Crippen MR) is 43.5 cm³/mol. The van der Waals surface area contributed by atoms with Gasteiger partial charge in [0.25, 0.3) is 0 Å². The fourth-order valence-corrected chi connectivity index (χ4v) is 3.01. The maximum absolute atomic E-state index is 10.1. The standard InChI is InChI=1S/C9H16O3/c1-8(2)5-3-4-9(8,12)7(11)6(5)10/h5-7,10-12H,3-4H2,1-2H3/t5-,6-,7-,9-/m0/s1. The first kappa shape index (κ1) is 8.48. The van der Waals surface area contributed by atoms with Crippen LogP contribution in [-0.2, 0) is 0 Å². The molecule has 0 amide bonds. The molecule has 0 aromatic carbocycles. The molecule has 0 spiro atoms. The van der Waals surface area contributed by atoms with Crippen molar-refractivity contribution in [2.45, 2.75) is 44.5 Å². The fourth-order valence-electron chi connectivity index (χ4n) is 3.01. The second-order valence-electron chi connectivity index (χ2n) is 4.73. The largest absolute Gasteiger partial charge is 0.390 e. The molecule has 3 N–H and O–H groups in total. The Balaban J connectivity index is 2.44. The lowest BCUT2D eigenvalue weighted by atomic mass is 9.78. The van der Waals surface area contributed by atoms with E-state index in [2.05, 4.69) is 0 Å². The molecule has 2 aliphatic rings. The van der Waals surface area contributed by atoms with E-state index in [4.69, 9.17) is 0 Å². The number of aliphatic hydroxyl groups excluding tert-OH is 2. The van der Waals surface area contributed by atoms with Crippen LogP contribution in [0.3, 0.4) is 0 Å². The van der Waals surface area contributed by atoms with Crippen LogP contribution in [0, 0.1) is 11.3 Å². The predicted octanol–water partition coefficient (Wildman–Crippen LogP) is -0.111. The molecule has 2 saturated carbocycles. The van der Waals surface area contributed by atoms with Gasteiger partial charge in [-0.05, 0) is 18.8 Å². The molecule has 0 aliphatic heterocycles. The van der Waals surface area contributed by atoms with E-state index in [1.807, 2.05) is 13.8 Å². The van der Waals surface area contributed by atoms with Crippen LogP contribution in [0.25, 0.3) is 0 Å². The van der Waals surface area contributed by atoms with Crippen molar-refractivity contribution in [3.05, 3.63) is 0 Å². The zero-order valence-electron chi connectivity index (χ0n) is 7.49. The van der Waals surface area contributed by atoms with Crippen molar-refractivity contribution in [2.75, 3.05) is 0 Å². The maximum atomic E-state index is 10.1. The van der Waals surface area contributed by atoms with Gasteiger partial charge in [0.15, 0.2) is 0 Å². The van der Waals surface area contributed by atoms with Gasteiger partial charge < -0.3 is 15.3 Å². The van der Waals surface area contributed by atoms with Crippen molar-refractivity contribution in [2.24, 2.45) is 11.3 Å². The highest BCUT2D eigenvalue weighted by Crippen LogP contribution is 2.59. The summed E-state index contributed by atoms with van der Waals surface area (Å²) in [5.74, 6) is 0.0532. The maximum Gasteiger partial charge on any atom is 0.109 e. The molecule has 2 aliphatic carbocycles. The summed E-state index contributed by atoms with van der Waals surface area (Å²) in [5, 5.41) is 29.3. The van der Waals surface area contributed by atoms with E-state index in [1.54, 1.807) is 0 Å². The fraction of sp³-hybridized carbons (Fsp3) is 1.00. The molecule has 3 nitrogen and oxygen atoms in total. The van der Waals surface area contributed by atoms with Crippen LogP contribution in [0.15, 0.2) is 0 Å². The van der Waals surface area contributed by atoms with Crippen molar-refractivity contribution in [3.8, 4) is 0 Å². The molecular weight excluding hydrogens is 156 g/mol. The molecule has 0 saturated heterocycles. The number of hydrogen-bond donors (Lipinski definition) is 3. The highest BCUT2D eigenvalue weighted by molar-refractivity contribution is 5.17. The van der Waals surface area contributed by atoms with E-state index in [0.717, 1.165) is 6.42 Å². The van der Waals surface area contributed by atoms with Crippen molar-refractivity contribution >= 4 is 0 Å². The average molecular weight is 172 g/mol. The van der Waals surface area contributed by atoms with Gasteiger partial charge in [0.2, 0.25) is 0 Å². The molecular formula is C9H16O3. The molecule has 0 radical (unpaired) electrons. The van der Waals surface area contributed by atoms with Crippen LogP contribution in [-0.4, -0.2) is 33.1 Å². The summed E-state index contributed by atoms with van der Waals surface area (Å²) in [6, 6.07) is 0. The van der Waals surface area contributed by atoms with E-state index in [-0.39, 0.29) is 11.3 Å². The van der Waals surface area contributed by atoms with Gasteiger partial charge in [-0.25, -0.2) is 0 Å². The summed E-state index contributed by atoms with van der Waals surface area (Å²) in [5.41, 5.74) is -1.40. The van der Waals surface area contributed by atoms with Crippen molar-refractivity contribution in [1.82, 2.24) is 0 Å². The third-order valence-corrected chi connectivity index (χ3v) is 4.10. The molecule has 70 valence electrons. The van der Waals surface area contributed by atoms with Crippen molar-refractivity contribution in [1.29, 1.82) is 0 Å². The average Bonchev–Trinajstić information content (AvgIpc) is 2.26. The first-order chi connectivity index (χ1) is 5.41. The SMILES string of the molecule is CC1(C)[C@H]2CC[C@]1(O)[C@@H](O)[C@H]2O. The zero-order chi connectivity index (χ0) is 9.15. The number of aliphatic hydroxyl groups is 3. The van der Waals surface area contributed by atoms with E-state index in [0.29, 0.717) is 6.42 Å². The molecule has 3 heteroatoms. The Bertz CT molecular complexity index is 214. The molecule has 12 heavy (non-hydrogen) atoms. The van der Waals surface area contributed by atoms with Gasteiger partial charge in [-0.2, -0.15) is 0 Å². The normalized spacial score (nSPS) is 56.2. The van der Waals surface area contributed by atoms with Crippen molar-refractivity contribution in [3.63, 3.8) is 0 Å². The van der Waals surface area contributed by atoms with Crippen LogP contribution in [0.1, 0.15) is 26.7 Å². The lowest BCUT2D eigenvalue weighted by molar-refractivity contribution is -0.125. The smallest absolute Gasteiger partial charge is 0.109 e. The van der Waals surface area contributed by atoms with Gasteiger partial charge in [-0.1, -0.05) is 13.8 Å². The summed E-state index contributed by atoms with van der Waals surface area (Å²) >= 11 is 0. The lowest BCUT2D eigenvalue weighted by Gasteiger charge is -2.34. The summed E-state index contributed by atoms with van der Waals surface area (Å²) in [6.07, 6.45) is -0.255. The molecule has 2 rings (SSSR count). The molecule has 2 fully saturated rings. The second kappa shape index (κ2) is 2.03. The van der Waals surface area contributed by atoms with E-state index in [1.165, 1.54) is 0 Å².